The van der Waals surface area contributed by atoms with E-state index in [4.69, 9.17) is 21.1 Å². The zero-order valence-corrected chi connectivity index (χ0v) is 23.2. The van der Waals surface area contributed by atoms with Crippen LogP contribution < -0.4 is 10.1 Å². The Labute approximate surface area is 243 Å². The van der Waals surface area contributed by atoms with Crippen molar-refractivity contribution in [2.24, 2.45) is 0 Å². The highest BCUT2D eigenvalue weighted by Gasteiger charge is 2.16. The van der Waals surface area contributed by atoms with Crippen LogP contribution in [0, 0.1) is 0 Å². The van der Waals surface area contributed by atoms with Gasteiger partial charge in [-0.05, 0) is 59.7 Å². The third kappa shape index (κ3) is 6.83. The molecule has 1 saturated heterocycles. The van der Waals surface area contributed by atoms with E-state index in [9.17, 15) is 5.11 Å². The van der Waals surface area contributed by atoms with E-state index in [1.807, 2.05) is 59.3 Å². The highest BCUT2D eigenvalue weighted by atomic mass is 35.5. The average Bonchev–Trinajstić information content (AvgIpc) is 3.46. The van der Waals surface area contributed by atoms with Crippen LogP contribution in [0.1, 0.15) is 5.69 Å². The first kappa shape index (κ1) is 27.2. The topological polar surface area (TPSA) is 97.6 Å². The lowest BCUT2D eigenvalue weighted by Crippen LogP contribution is -2.41. The van der Waals surface area contributed by atoms with Crippen molar-refractivity contribution in [2.45, 2.75) is 19.3 Å². The highest BCUT2D eigenvalue weighted by molar-refractivity contribution is 6.32. The Hall–Kier alpha value is -4.02. The Kier molecular flexibility index (Phi) is 8.39. The first-order chi connectivity index (χ1) is 20.1. The number of nitrogens with zero attached hydrogens (tertiary/aromatic N) is 5. The number of nitrogens with one attached hydrogen (secondary N) is 1. The largest absolute Gasteiger partial charge is 0.486 e. The van der Waals surface area contributed by atoms with Crippen molar-refractivity contribution in [1.82, 2.24) is 24.4 Å². The first-order valence-corrected chi connectivity index (χ1v) is 14.0. The van der Waals surface area contributed by atoms with E-state index in [2.05, 4.69) is 43.5 Å². The first-order valence-electron chi connectivity index (χ1n) is 13.6. The van der Waals surface area contributed by atoms with Crippen LogP contribution in [0.5, 0.6) is 5.75 Å². The van der Waals surface area contributed by atoms with Crippen molar-refractivity contribution >= 4 is 34.0 Å². The van der Waals surface area contributed by atoms with Crippen LogP contribution in [-0.4, -0.2) is 68.5 Å². The maximum atomic E-state index is 10.6. The lowest BCUT2D eigenvalue weighted by molar-refractivity contribution is 0.0115. The number of benzene rings is 2. The second-order valence-electron chi connectivity index (χ2n) is 10.00. The summed E-state index contributed by atoms with van der Waals surface area (Å²) in [7, 11) is 0. The molecule has 41 heavy (non-hydrogen) atoms. The molecule has 1 atom stereocenters. The van der Waals surface area contributed by atoms with E-state index in [0.29, 0.717) is 36.3 Å². The molecule has 0 amide bonds. The van der Waals surface area contributed by atoms with Gasteiger partial charge in [0, 0.05) is 55.8 Å². The SMILES string of the molecule is OC(CN1CCOCC1)Cn1ccc(-c2ccc3ncnc(Nc4ccc(OCc5ccccn5)c(Cl)c4)c3c2)c1. The molecule has 5 aromatic rings. The molecule has 0 radical (unpaired) electrons. The van der Waals surface area contributed by atoms with Crippen LogP contribution in [-0.2, 0) is 17.9 Å². The second kappa shape index (κ2) is 12.7. The molecule has 10 heteroatoms. The van der Waals surface area contributed by atoms with E-state index in [1.54, 1.807) is 12.5 Å². The monoisotopic (exact) mass is 570 g/mol. The standard InChI is InChI=1S/C31H31ClN6O3/c32-28-16-24(5-7-30(28)41-20-25-3-1-2-9-33-25)36-31-27-15-22(4-6-29(27)34-21-35-31)23-8-10-38(17-23)19-26(39)18-37-11-13-40-14-12-37/h1-10,15-17,21,26,39H,11-14,18-20H2,(H,34,35,36). The fraction of sp³-hybridized carbons (Fsp3) is 0.258. The maximum Gasteiger partial charge on any atom is 0.141 e. The molecule has 2 N–H and O–H groups in total. The van der Waals surface area contributed by atoms with E-state index < -0.39 is 6.10 Å². The zero-order valence-electron chi connectivity index (χ0n) is 22.5. The summed E-state index contributed by atoms with van der Waals surface area (Å²) in [6.45, 7) is 4.68. The van der Waals surface area contributed by atoms with Gasteiger partial charge in [-0.3, -0.25) is 9.88 Å². The Morgan fingerprint density at radius 2 is 1.88 bits per heavy atom. The predicted molar refractivity (Wildman–Crippen MR) is 160 cm³/mol. The number of ether oxygens (including phenoxy) is 2. The predicted octanol–water partition coefficient (Wildman–Crippen LogP) is 5.16. The van der Waals surface area contributed by atoms with Gasteiger partial charge in [0.2, 0.25) is 0 Å². The fourth-order valence-corrected chi connectivity index (χ4v) is 5.15. The number of pyridine rings is 1. The quantitative estimate of drug-likeness (QED) is 0.238. The summed E-state index contributed by atoms with van der Waals surface area (Å²) in [5.74, 6) is 1.26. The number of fused-ring (bicyclic) bond motifs is 1. The molecular weight excluding hydrogens is 540 g/mol. The van der Waals surface area contributed by atoms with Gasteiger partial charge in [-0.2, -0.15) is 0 Å². The Balaban J connectivity index is 1.15. The number of hydrogen-bond donors (Lipinski definition) is 2. The Bertz CT molecular complexity index is 1610. The number of aliphatic hydroxyl groups excluding tert-OH is 1. The molecule has 9 nitrogen and oxygen atoms in total. The lowest BCUT2D eigenvalue weighted by atomic mass is 10.1. The molecule has 2 aromatic carbocycles. The maximum absolute atomic E-state index is 10.6. The molecule has 3 aromatic heterocycles. The number of rotatable bonds is 10. The van der Waals surface area contributed by atoms with Gasteiger partial charge in [0.15, 0.2) is 0 Å². The molecule has 6 rings (SSSR count). The average molecular weight is 571 g/mol. The number of hydrogen-bond acceptors (Lipinski definition) is 8. The Morgan fingerprint density at radius 3 is 2.71 bits per heavy atom. The fourth-order valence-electron chi connectivity index (χ4n) is 4.91. The van der Waals surface area contributed by atoms with Crippen molar-refractivity contribution < 1.29 is 14.6 Å². The van der Waals surface area contributed by atoms with E-state index in [-0.39, 0.29) is 0 Å². The summed E-state index contributed by atoms with van der Waals surface area (Å²) in [6, 6.07) is 19.4. The van der Waals surface area contributed by atoms with Gasteiger partial charge in [-0.15, -0.1) is 0 Å². The molecule has 4 heterocycles. The van der Waals surface area contributed by atoms with Crippen LogP contribution in [0.3, 0.4) is 0 Å². The van der Waals surface area contributed by atoms with Crippen LogP contribution in [0.15, 0.2) is 85.6 Å². The minimum Gasteiger partial charge on any atom is -0.486 e. The molecule has 1 unspecified atom stereocenters. The van der Waals surface area contributed by atoms with Crippen molar-refractivity contribution in [3.63, 3.8) is 0 Å². The Morgan fingerprint density at radius 1 is 0.976 bits per heavy atom. The number of anilines is 2. The smallest absolute Gasteiger partial charge is 0.141 e. The minimum absolute atomic E-state index is 0.335. The number of β-amino-alcohol motifs (C(OH)–C–C–N with tert-alkyl or cyclic N) is 1. The number of halogens is 1. The molecule has 0 spiro atoms. The van der Waals surface area contributed by atoms with E-state index in [1.165, 1.54) is 0 Å². The summed E-state index contributed by atoms with van der Waals surface area (Å²) in [5, 5.41) is 15.4. The van der Waals surface area contributed by atoms with Crippen molar-refractivity contribution in [1.29, 1.82) is 0 Å². The third-order valence-corrected chi connectivity index (χ3v) is 7.31. The van der Waals surface area contributed by atoms with Gasteiger partial charge in [0.1, 0.15) is 24.5 Å². The van der Waals surface area contributed by atoms with Gasteiger partial charge in [0.25, 0.3) is 0 Å². The van der Waals surface area contributed by atoms with Crippen LogP contribution in [0.2, 0.25) is 5.02 Å². The summed E-state index contributed by atoms with van der Waals surface area (Å²) in [5.41, 5.74) is 4.53. The van der Waals surface area contributed by atoms with Crippen LogP contribution in [0.4, 0.5) is 11.5 Å². The summed E-state index contributed by atoms with van der Waals surface area (Å²) in [6.07, 6.45) is 6.89. The third-order valence-electron chi connectivity index (χ3n) is 7.01. The van der Waals surface area contributed by atoms with Gasteiger partial charge < -0.3 is 24.5 Å². The molecule has 0 bridgehead atoms. The van der Waals surface area contributed by atoms with Gasteiger partial charge >= 0.3 is 0 Å². The van der Waals surface area contributed by atoms with Gasteiger partial charge in [0.05, 0.1) is 35.6 Å². The molecule has 0 saturated carbocycles. The van der Waals surface area contributed by atoms with Crippen molar-refractivity contribution in [3.05, 3.63) is 96.3 Å². The lowest BCUT2D eigenvalue weighted by Gasteiger charge is -2.28. The molecule has 210 valence electrons. The van der Waals surface area contributed by atoms with E-state index >= 15 is 0 Å². The number of aromatic nitrogens is 4. The number of aliphatic hydroxyl groups is 1. The molecule has 1 aliphatic rings. The molecule has 0 aliphatic carbocycles. The van der Waals surface area contributed by atoms with Gasteiger partial charge in [-0.1, -0.05) is 23.7 Å². The highest BCUT2D eigenvalue weighted by Crippen LogP contribution is 2.32. The van der Waals surface area contributed by atoms with Gasteiger partial charge in [-0.25, -0.2) is 9.97 Å². The zero-order chi connectivity index (χ0) is 28.0. The molecule has 1 aliphatic heterocycles. The summed E-state index contributed by atoms with van der Waals surface area (Å²) in [4.78, 5) is 15.5. The number of morpholine rings is 1. The van der Waals surface area contributed by atoms with Crippen molar-refractivity contribution in [3.8, 4) is 16.9 Å². The van der Waals surface area contributed by atoms with Crippen LogP contribution in [0.25, 0.3) is 22.0 Å². The van der Waals surface area contributed by atoms with Crippen molar-refractivity contribution in [2.75, 3.05) is 38.2 Å². The normalized spacial score (nSPS) is 14.7. The molecular formula is C31H31ClN6O3. The minimum atomic E-state index is -0.451. The summed E-state index contributed by atoms with van der Waals surface area (Å²) >= 11 is 6.53. The second-order valence-corrected chi connectivity index (χ2v) is 10.4. The van der Waals surface area contributed by atoms with Crippen LogP contribution >= 0.6 is 11.6 Å². The van der Waals surface area contributed by atoms with E-state index in [0.717, 1.165) is 59.7 Å². The molecule has 1 fully saturated rings. The summed E-state index contributed by atoms with van der Waals surface area (Å²) < 4.78 is 13.3.